The third-order valence-corrected chi connectivity index (χ3v) is 6.20. The predicted molar refractivity (Wildman–Crippen MR) is 106 cm³/mol. The first-order valence-electron chi connectivity index (χ1n) is 9.88. The van der Waals surface area contributed by atoms with Crippen molar-refractivity contribution in [2.45, 2.75) is 39.2 Å². The zero-order valence-electron chi connectivity index (χ0n) is 16.6. The lowest BCUT2D eigenvalue weighted by molar-refractivity contribution is -0.147. The average Bonchev–Trinajstić information content (AvgIpc) is 3.11. The number of aryl methyl sites for hydroxylation is 1. The van der Waals surface area contributed by atoms with Crippen LogP contribution in [0.15, 0.2) is 29.3 Å². The lowest BCUT2D eigenvalue weighted by atomic mass is 9.78. The second kappa shape index (κ2) is 6.72. The van der Waals surface area contributed by atoms with Crippen molar-refractivity contribution in [1.82, 2.24) is 19.4 Å². The molecule has 2 amide bonds. The van der Waals surface area contributed by atoms with E-state index in [1.54, 1.807) is 30.1 Å². The minimum absolute atomic E-state index is 0.101. The summed E-state index contributed by atoms with van der Waals surface area (Å²) in [4.78, 5) is 46.3. The van der Waals surface area contributed by atoms with Crippen LogP contribution in [0.5, 0.6) is 0 Å². The monoisotopic (exact) mass is 382 g/mol. The van der Waals surface area contributed by atoms with Gasteiger partial charge in [-0.2, -0.15) is 0 Å². The molecule has 1 spiro atoms. The van der Waals surface area contributed by atoms with Crippen molar-refractivity contribution < 1.29 is 9.59 Å². The van der Waals surface area contributed by atoms with Gasteiger partial charge >= 0.3 is 0 Å². The lowest BCUT2D eigenvalue weighted by Gasteiger charge is -2.41. The van der Waals surface area contributed by atoms with Crippen molar-refractivity contribution in [1.29, 1.82) is 0 Å². The van der Waals surface area contributed by atoms with Gasteiger partial charge in [0.05, 0.1) is 22.6 Å². The van der Waals surface area contributed by atoms with E-state index in [0.717, 1.165) is 19.4 Å². The summed E-state index contributed by atoms with van der Waals surface area (Å²) in [5.41, 5.74) is 0.450. The number of likely N-dealkylation sites (tertiary alicyclic amines) is 2. The van der Waals surface area contributed by atoms with Gasteiger partial charge in [-0.1, -0.05) is 0 Å². The van der Waals surface area contributed by atoms with E-state index >= 15 is 0 Å². The predicted octanol–water partition coefficient (Wildman–Crippen LogP) is 1.80. The molecule has 0 aliphatic carbocycles. The van der Waals surface area contributed by atoms with Crippen LogP contribution in [0.4, 0.5) is 0 Å². The van der Waals surface area contributed by atoms with Crippen molar-refractivity contribution in [2.75, 3.05) is 19.6 Å². The highest BCUT2D eigenvalue weighted by Gasteiger charge is 2.49. The average molecular weight is 382 g/mol. The molecular weight excluding hydrogens is 356 g/mol. The van der Waals surface area contributed by atoms with Gasteiger partial charge in [-0.3, -0.25) is 14.4 Å². The molecule has 0 radical (unpaired) electrons. The molecular formula is C21H26N4O3. The SMILES string of the molecule is CC(C)N1CCC[C@@]2(CCN(C(=O)c3ccc4c(=O)n(C)cnc4c3)C2)C1=O. The Balaban J connectivity index is 1.58. The molecule has 4 rings (SSSR count). The van der Waals surface area contributed by atoms with Crippen molar-refractivity contribution in [2.24, 2.45) is 12.5 Å². The maximum atomic E-state index is 13.1. The highest BCUT2D eigenvalue weighted by Crippen LogP contribution is 2.41. The van der Waals surface area contributed by atoms with E-state index in [0.29, 0.717) is 36.0 Å². The number of rotatable bonds is 2. The molecule has 1 atom stereocenters. The lowest BCUT2D eigenvalue weighted by Crippen LogP contribution is -2.52. The molecule has 0 bridgehead atoms. The maximum Gasteiger partial charge on any atom is 0.260 e. The quantitative estimate of drug-likeness (QED) is 0.794. The van der Waals surface area contributed by atoms with Gasteiger partial charge in [0.15, 0.2) is 0 Å². The molecule has 2 aliphatic rings. The van der Waals surface area contributed by atoms with Crippen LogP contribution in [0.1, 0.15) is 43.5 Å². The molecule has 1 aromatic carbocycles. The van der Waals surface area contributed by atoms with Gasteiger partial charge in [0.2, 0.25) is 5.91 Å². The molecule has 0 unspecified atom stereocenters. The molecule has 2 aliphatic heterocycles. The molecule has 0 N–H and O–H groups in total. The molecule has 7 heteroatoms. The number of hydrogen-bond acceptors (Lipinski definition) is 4. The number of piperidine rings is 1. The Morgan fingerprint density at radius 3 is 2.71 bits per heavy atom. The van der Waals surface area contributed by atoms with Crippen LogP contribution < -0.4 is 5.56 Å². The third kappa shape index (κ3) is 2.89. The first kappa shape index (κ1) is 18.7. The smallest absolute Gasteiger partial charge is 0.260 e. The van der Waals surface area contributed by atoms with Gasteiger partial charge in [0.1, 0.15) is 0 Å². The zero-order valence-corrected chi connectivity index (χ0v) is 16.6. The minimum Gasteiger partial charge on any atom is -0.340 e. The third-order valence-electron chi connectivity index (χ3n) is 6.20. The number of hydrogen-bond donors (Lipinski definition) is 0. The summed E-state index contributed by atoms with van der Waals surface area (Å²) >= 11 is 0. The Labute approximate surface area is 163 Å². The second-order valence-corrected chi connectivity index (χ2v) is 8.35. The Morgan fingerprint density at radius 2 is 1.96 bits per heavy atom. The van der Waals surface area contributed by atoms with Gasteiger partial charge in [-0.15, -0.1) is 0 Å². The van der Waals surface area contributed by atoms with Crippen molar-refractivity contribution in [3.63, 3.8) is 0 Å². The normalized spacial score (nSPS) is 22.6. The van der Waals surface area contributed by atoms with Crippen molar-refractivity contribution in [3.05, 3.63) is 40.4 Å². The number of carbonyl (C=O) groups is 2. The summed E-state index contributed by atoms with van der Waals surface area (Å²) in [6, 6.07) is 5.20. The fourth-order valence-corrected chi connectivity index (χ4v) is 4.54. The molecule has 28 heavy (non-hydrogen) atoms. The number of benzene rings is 1. The van der Waals surface area contributed by atoms with Crippen molar-refractivity contribution in [3.8, 4) is 0 Å². The highest BCUT2D eigenvalue weighted by atomic mass is 16.2. The fraction of sp³-hybridized carbons (Fsp3) is 0.524. The van der Waals surface area contributed by atoms with Crippen molar-refractivity contribution >= 4 is 22.7 Å². The molecule has 7 nitrogen and oxygen atoms in total. The minimum atomic E-state index is -0.441. The first-order chi connectivity index (χ1) is 13.3. The van der Waals surface area contributed by atoms with Gasteiger partial charge in [-0.25, -0.2) is 4.98 Å². The number of aromatic nitrogens is 2. The standard InChI is InChI=1S/C21H26N4O3/c1-14(2)25-9-4-7-21(20(25)28)8-10-24(12-21)18(26)15-5-6-16-17(11-15)22-13-23(3)19(16)27/h5-6,11,13-14H,4,7-10,12H2,1-3H3/t21-/m0/s1. The summed E-state index contributed by atoms with van der Waals surface area (Å²) in [5.74, 6) is 0.0865. The summed E-state index contributed by atoms with van der Waals surface area (Å²) < 4.78 is 1.42. The molecule has 2 aromatic rings. The molecule has 148 valence electrons. The number of nitrogens with zero attached hydrogens (tertiary/aromatic N) is 4. The zero-order chi connectivity index (χ0) is 20.1. The summed E-state index contributed by atoms with van der Waals surface area (Å²) in [5, 5.41) is 0.495. The fourth-order valence-electron chi connectivity index (χ4n) is 4.54. The Hall–Kier alpha value is -2.70. The van der Waals surface area contributed by atoms with E-state index in [-0.39, 0.29) is 23.4 Å². The van der Waals surface area contributed by atoms with E-state index in [2.05, 4.69) is 4.98 Å². The topological polar surface area (TPSA) is 75.5 Å². The van der Waals surface area contributed by atoms with E-state index < -0.39 is 5.41 Å². The largest absolute Gasteiger partial charge is 0.340 e. The van der Waals surface area contributed by atoms with Crippen LogP contribution in [-0.2, 0) is 11.8 Å². The van der Waals surface area contributed by atoms with Crippen LogP contribution in [0.25, 0.3) is 10.9 Å². The van der Waals surface area contributed by atoms with Crippen LogP contribution in [0.3, 0.4) is 0 Å². The number of carbonyl (C=O) groups excluding carboxylic acids is 2. The highest BCUT2D eigenvalue weighted by molar-refractivity contribution is 5.98. The Kier molecular flexibility index (Phi) is 4.48. The molecule has 2 fully saturated rings. The van der Waals surface area contributed by atoms with E-state index in [1.165, 1.54) is 10.9 Å². The van der Waals surface area contributed by atoms with Crippen LogP contribution in [0.2, 0.25) is 0 Å². The van der Waals surface area contributed by atoms with Gasteiger partial charge in [0, 0.05) is 38.3 Å². The summed E-state index contributed by atoms with van der Waals surface area (Å²) in [7, 11) is 1.65. The van der Waals surface area contributed by atoms with Gasteiger partial charge in [-0.05, 0) is 51.3 Å². The van der Waals surface area contributed by atoms with Gasteiger partial charge < -0.3 is 14.4 Å². The Morgan fingerprint density at radius 1 is 1.18 bits per heavy atom. The first-order valence-corrected chi connectivity index (χ1v) is 9.88. The van der Waals surface area contributed by atoms with Crippen LogP contribution in [0, 0.1) is 5.41 Å². The van der Waals surface area contributed by atoms with E-state index in [4.69, 9.17) is 0 Å². The molecule has 0 saturated carbocycles. The maximum absolute atomic E-state index is 13.1. The molecule has 3 heterocycles. The summed E-state index contributed by atoms with van der Waals surface area (Å²) in [6.07, 6.45) is 4.00. The van der Waals surface area contributed by atoms with Crippen LogP contribution in [-0.4, -0.2) is 56.8 Å². The molecule has 2 saturated heterocycles. The van der Waals surface area contributed by atoms with E-state index in [9.17, 15) is 14.4 Å². The van der Waals surface area contributed by atoms with E-state index in [1.807, 2.05) is 18.7 Å². The number of amides is 2. The molecule has 1 aromatic heterocycles. The van der Waals surface area contributed by atoms with Crippen LogP contribution >= 0.6 is 0 Å². The second-order valence-electron chi connectivity index (χ2n) is 8.35. The summed E-state index contributed by atoms with van der Waals surface area (Å²) in [6.45, 7) is 5.94. The number of fused-ring (bicyclic) bond motifs is 1. The Bertz CT molecular complexity index is 1010. The van der Waals surface area contributed by atoms with Gasteiger partial charge in [0.25, 0.3) is 11.5 Å².